The lowest BCUT2D eigenvalue weighted by molar-refractivity contribution is 0.328. The van der Waals surface area contributed by atoms with Crippen LogP contribution in [-0.2, 0) is 6.42 Å². The number of hydrogen-bond donors (Lipinski definition) is 1. The van der Waals surface area contributed by atoms with E-state index >= 15 is 0 Å². The minimum atomic E-state index is 1.05. The number of hydrogen-bond acceptors (Lipinski definition) is 3. The molecule has 0 fully saturated rings. The van der Waals surface area contributed by atoms with Gasteiger partial charge in [0.1, 0.15) is 0 Å². The molecule has 90 valence electrons. The second-order valence-corrected chi connectivity index (χ2v) is 4.19. The zero-order valence-electron chi connectivity index (χ0n) is 10.4. The topological polar surface area (TPSA) is 28.2 Å². The molecule has 0 saturated carbocycles. The second kappa shape index (κ2) is 8.25. The van der Waals surface area contributed by atoms with Crippen molar-refractivity contribution >= 4 is 0 Å². The fourth-order valence-corrected chi connectivity index (χ4v) is 1.65. The van der Waals surface area contributed by atoms with Crippen molar-refractivity contribution in [3.05, 3.63) is 30.1 Å². The van der Waals surface area contributed by atoms with Gasteiger partial charge in [0, 0.05) is 24.9 Å². The quantitative estimate of drug-likeness (QED) is 0.675. The molecule has 1 N–H and O–H groups in total. The van der Waals surface area contributed by atoms with Gasteiger partial charge in [-0.3, -0.25) is 4.98 Å². The molecular weight excluding hydrogens is 198 g/mol. The summed E-state index contributed by atoms with van der Waals surface area (Å²) in [6.45, 7) is 3.39. The molecule has 1 aromatic rings. The van der Waals surface area contributed by atoms with E-state index in [4.69, 9.17) is 0 Å². The minimum Gasteiger partial charge on any atom is -0.320 e. The van der Waals surface area contributed by atoms with Crippen LogP contribution in [0.1, 0.15) is 18.5 Å². The lowest BCUT2D eigenvalue weighted by Crippen LogP contribution is -2.23. The number of aromatic nitrogens is 1. The van der Waals surface area contributed by atoms with Gasteiger partial charge in [0.2, 0.25) is 0 Å². The fourth-order valence-electron chi connectivity index (χ4n) is 1.65. The fraction of sp³-hybridized carbons (Fsp3) is 0.615. The highest BCUT2D eigenvalue weighted by Gasteiger charge is 1.99. The van der Waals surface area contributed by atoms with Crippen LogP contribution in [0.3, 0.4) is 0 Å². The average molecular weight is 221 g/mol. The molecule has 3 heteroatoms. The summed E-state index contributed by atoms with van der Waals surface area (Å²) < 4.78 is 0. The van der Waals surface area contributed by atoms with Crippen molar-refractivity contribution in [1.82, 2.24) is 15.2 Å². The second-order valence-electron chi connectivity index (χ2n) is 4.19. The Balaban J connectivity index is 2.08. The summed E-state index contributed by atoms with van der Waals surface area (Å²) in [5.74, 6) is 0. The van der Waals surface area contributed by atoms with E-state index in [1.807, 2.05) is 19.3 Å². The van der Waals surface area contributed by atoms with Crippen molar-refractivity contribution in [3.63, 3.8) is 0 Å². The van der Waals surface area contributed by atoms with Crippen molar-refractivity contribution < 1.29 is 0 Å². The van der Waals surface area contributed by atoms with E-state index in [-0.39, 0.29) is 0 Å². The smallest absolute Gasteiger partial charge is 0.0416 e. The summed E-state index contributed by atoms with van der Waals surface area (Å²) in [5.41, 5.74) is 1.18. The SMILES string of the molecule is CNCCCCN(C)CCc1ccccn1. The van der Waals surface area contributed by atoms with Crippen LogP contribution in [0.5, 0.6) is 0 Å². The monoisotopic (exact) mass is 221 g/mol. The average Bonchev–Trinajstić information content (AvgIpc) is 2.33. The van der Waals surface area contributed by atoms with Crippen LogP contribution in [0.2, 0.25) is 0 Å². The van der Waals surface area contributed by atoms with Gasteiger partial charge in [0.15, 0.2) is 0 Å². The molecule has 16 heavy (non-hydrogen) atoms. The van der Waals surface area contributed by atoms with E-state index in [0.717, 1.165) is 19.5 Å². The van der Waals surface area contributed by atoms with Crippen LogP contribution in [0, 0.1) is 0 Å². The highest BCUT2D eigenvalue weighted by molar-refractivity contribution is 5.03. The van der Waals surface area contributed by atoms with Gasteiger partial charge in [-0.2, -0.15) is 0 Å². The maximum atomic E-state index is 4.32. The van der Waals surface area contributed by atoms with E-state index in [1.165, 1.54) is 25.1 Å². The van der Waals surface area contributed by atoms with Gasteiger partial charge in [-0.05, 0) is 52.2 Å². The Labute approximate surface area is 98.9 Å². The molecule has 0 saturated heterocycles. The van der Waals surface area contributed by atoms with E-state index in [1.54, 1.807) is 0 Å². The first-order valence-corrected chi connectivity index (χ1v) is 6.06. The molecule has 0 atom stereocenters. The highest BCUT2D eigenvalue weighted by atomic mass is 15.1. The van der Waals surface area contributed by atoms with Crippen molar-refractivity contribution in [2.75, 3.05) is 33.7 Å². The minimum absolute atomic E-state index is 1.05. The Kier molecular flexibility index (Phi) is 6.77. The van der Waals surface area contributed by atoms with E-state index in [2.05, 4.69) is 34.4 Å². The van der Waals surface area contributed by atoms with Gasteiger partial charge in [-0.1, -0.05) is 6.07 Å². The number of likely N-dealkylation sites (N-methyl/N-ethyl adjacent to an activating group) is 1. The molecule has 0 bridgehead atoms. The Morgan fingerprint density at radius 1 is 1.25 bits per heavy atom. The number of nitrogens with one attached hydrogen (secondary N) is 1. The maximum Gasteiger partial charge on any atom is 0.0416 e. The van der Waals surface area contributed by atoms with Crippen LogP contribution >= 0.6 is 0 Å². The number of nitrogens with zero attached hydrogens (tertiary/aromatic N) is 2. The molecular formula is C13H23N3. The lowest BCUT2D eigenvalue weighted by atomic mass is 10.2. The van der Waals surface area contributed by atoms with E-state index in [0.29, 0.717) is 0 Å². The van der Waals surface area contributed by atoms with Gasteiger partial charge in [0.05, 0.1) is 0 Å². The third-order valence-corrected chi connectivity index (χ3v) is 2.69. The number of pyridine rings is 1. The third kappa shape index (κ3) is 5.83. The summed E-state index contributed by atoms with van der Waals surface area (Å²) in [4.78, 5) is 6.70. The molecule has 0 unspecified atom stereocenters. The summed E-state index contributed by atoms with van der Waals surface area (Å²) in [6.07, 6.45) is 5.43. The normalized spacial score (nSPS) is 10.9. The molecule has 0 spiro atoms. The van der Waals surface area contributed by atoms with Crippen LogP contribution in [-0.4, -0.2) is 43.6 Å². The summed E-state index contributed by atoms with van der Waals surface area (Å²) >= 11 is 0. The Bertz CT molecular complexity index is 261. The lowest BCUT2D eigenvalue weighted by Gasteiger charge is -2.15. The van der Waals surface area contributed by atoms with Crippen molar-refractivity contribution in [2.45, 2.75) is 19.3 Å². The third-order valence-electron chi connectivity index (χ3n) is 2.69. The van der Waals surface area contributed by atoms with Gasteiger partial charge in [0.25, 0.3) is 0 Å². The predicted molar refractivity (Wildman–Crippen MR) is 68.6 cm³/mol. The van der Waals surface area contributed by atoms with Crippen LogP contribution < -0.4 is 5.32 Å². The Morgan fingerprint density at radius 3 is 2.81 bits per heavy atom. The van der Waals surface area contributed by atoms with Gasteiger partial charge in [-0.15, -0.1) is 0 Å². The molecule has 1 heterocycles. The van der Waals surface area contributed by atoms with Crippen molar-refractivity contribution in [3.8, 4) is 0 Å². The molecule has 3 nitrogen and oxygen atoms in total. The zero-order chi connectivity index (χ0) is 11.6. The highest BCUT2D eigenvalue weighted by Crippen LogP contribution is 1.98. The van der Waals surface area contributed by atoms with Gasteiger partial charge in [-0.25, -0.2) is 0 Å². The molecule has 1 aromatic heterocycles. The molecule has 0 aliphatic heterocycles. The van der Waals surface area contributed by atoms with E-state index in [9.17, 15) is 0 Å². The first-order valence-electron chi connectivity index (χ1n) is 6.06. The summed E-state index contributed by atoms with van der Waals surface area (Å²) in [7, 11) is 4.19. The van der Waals surface area contributed by atoms with Crippen LogP contribution in [0.4, 0.5) is 0 Å². The van der Waals surface area contributed by atoms with Crippen LogP contribution in [0.25, 0.3) is 0 Å². The number of unbranched alkanes of at least 4 members (excludes halogenated alkanes) is 1. The number of rotatable bonds is 8. The standard InChI is InChI=1S/C13H23N3/c1-14-9-5-6-11-16(2)12-8-13-7-3-4-10-15-13/h3-4,7,10,14H,5-6,8-9,11-12H2,1-2H3. The molecule has 0 aliphatic carbocycles. The maximum absolute atomic E-state index is 4.32. The van der Waals surface area contributed by atoms with Crippen LogP contribution in [0.15, 0.2) is 24.4 Å². The molecule has 0 amide bonds. The van der Waals surface area contributed by atoms with Crippen molar-refractivity contribution in [1.29, 1.82) is 0 Å². The first-order chi connectivity index (χ1) is 7.83. The predicted octanol–water partition coefficient (Wildman–Crippen LogP) is 1.56. The molecule has 0 radical (unpaired) electrons. The summed E-state index contributed by atoms with van der Waals surface area (Å²) in [6, 6.07) is 6.11. The Morgan fingerprint density at radius 2 is 2.12 bits per heavy atom. The van der Waals surface area contributed by atoms with Gasteiger partial charge >= 0.3 is 0 Å². The molecule has 0 aromatic carbocycles. The molecule has 1 rings (SSSR count). The van der Waals surface area contributed by atoms with Gasteiger partial charge < -0.3 is 10.2 Å². The largest absolute Gasteiger partial charge is 0.320 e. The first kappa shape index (κ1) is 13.1. The van der Waals surface area contributed by atoms with Crippen molar-refractivity contribution in [2.24, 2.45) is 0 Å². The molecule has 0 aliphatic rings. The summed E-state index contributed by atoms with van der Waals surface area (Å²) in [5, 5.41) is 3.17. The zero-order valence-corrected chi connectivity index (χ0v) is 10.4. The van der Waals surface area contributed by atoms with E-state index < -0.39 is 0 Å². The Hall–Kier alpha value is -0.930.